The minimum atomic E-state index is 0.635. The molecule has 61 valence electrons. The van der Waals surface area contributed by atoms with Crippen molar-refractivity contribution in [2.75, 3.05) is 0 Å². The predicted molar refractivity (Wildman–Crippen MR) is 46.1 cm³/mol. The van der Waals surface area contributed by atoms with Crippen molar-refractivity contribution in [3.63, 3.8) is 0 Å². The van der Waals surface area contributed by atoms with E-state index in [0.717, 1.165) is 11.3 Å². The van der Waals surface area contributed by atoms with Crippen LogP contribution in [0.5, 0.6) is 0 Å². The largest absolute Gasteiger partial charge is 0.192 e. The van der Waals surface area contributed by atoms with Crippen LogP contribution in [0.15, 0.2) is 40.8 Å². The van der Waals surface area contributed by atoms with Gasteiger partial charge < -0.3 is 0 Å². The highest BCUT2D eigenvalue weighted by Crippen LogP contribution is 2.18. The summed E-state index contributed by atoms with van der Waals surface area (Å²) in [4.78, 5) is 0. The average Bonchev–Trinajstić information content (AvgIpc) is 2.71. The summed E-state index contributed by atoms with van der Waals surface area (Å²) in [5, 5.41) is 15.8. The summed E-state index contributed by atoms with van der Waals surface area (Å²) >= 11 is 0. The summed E-state index contributed by atoms with van der Waals surface area (Å²) in [6.45, 7) is 0. The molecule has 0 N–H and O–H groups in total. The van der Waals surface area contributed by atoms with E-state index in [2.05, 4.69) is 15.8 Å². The van der Waals surface area contributed by atoms with Gasteiger partial charge in [0.15, 0.2) is 0 Å². The molecule has 1 aliphatic heterocycles. The summed E-state index contributed by atoms with van der Waals surface area (Å²) in [6, 6.07) is 9.18. The molecule has 1 aromatic carbocycles. The van der Waals surface area contributed by atoms with E-state index in [4.69, 9.17) is 5.26 Å². The first-order valence-electron chi connectivity index (χ1n) is 3.72. The lowest BCUT2D eigenvalue weighted by atomic mass is 10.1. The summed E-state index contributed by atoms with van der Waals surface area (Å²) in [7, 11) is 0. The molecular weight excluding hydrogens is 164 g/mol. The van der Waals surface area contributed by atoms with Crippen molar-refractivity contribution in [2.24, 2.45) is 10.3 Å². The summed E-state index contributed by atoms with van der Waals surface area (Å²) < 4.78 is 0. The van der Waals surface area contributed by atoms with E-state index in [-0.39, 0.29) is 0 Å². The Bertz CT molecular complexity index is 408. The second kappa shape index (κ2) is 3.07. The molecule has 0 amide bonds. The van der Waals surface area contributed by atoms with Crippen LogP contribution in [0.25, 0.3) is 5.70 Å². The van der Waals surface area contributed by atoms with Crippen LogP contribution in [-0.4, -0.2) is 0 Å². The number of rotatable bonds is 1. The number of hydrogen-bond acceptors (Lipinski definition) is 3. The molecule has 13 heavy (non-hydrogen) atoms. The van der Waals surface area contributed by atoms with E-state index in [0.29, 0.717) is 5.56 Å². The molecule has 0 bridgehead atoms. The lowest BCUT2D eigenvalue weighted by Gasteiger charge is -1.95. The molecule has 1 heterocycles. The molecule has 0 saturated carbocycles. The van der Waals surface area contributed by atoms with Gasteiger partial charge >= 0.3 is 0 Å². The fourth-order valence-corrected chi connectivity index (χ4v) is 1.03. The quantitative estimate of drug-likeness (QED) is 0.632. The number of nitrogens with zero attached hydrogens (tertiary/aromatic N) is 4. The molecule has 1 aromatic rings. The van der Waals surface area contributed by atoms with Gasteiger partial charge in [-0.1, -0.05) is 12.1 Å². The minimum absolute atomic E-state index is 0.635. The lowest BCUT2D eigenvalue weighted by molar-refractivity contribution is 0.906. The average molecular weight is 169 g/mol. The van der Waals surface area contributed by atoms with E-state index in [9.17, 15) is 0 Å². The van der Waals surface area contributed by atoms with Crippen LogP contribution >= 0.6 is 0 Å². The third kappa shape index (κ3) is 1.40. The maximum atomic E-state index is 8.57. The Balaban J connectivity index is 2.34. The minimum Gasteiger partial charge on any atom is -0.192 e. The molecule has 2 rings (SSSR count). The zero-order valence-electron chi connectivity index (χ0n) is 6.68. The fraction of sp³-hybridized carbons (Fsp3) is 0. The van der Waals surface area contributed by atoms with Gasteiger partial charge in [0.1, 0.15) is 5.70 Å². The van der Waals surface area contributed by atoms with Gasteiger partial charge in [-0.05, 0) is 17.4 Å². The van der Waals surface area contributed by atoms with Gasteiger partial charge in [-0.25, -0.2) is 0 Å². The molecule has 0 aromatic heterocycles. The highest BCUT2D eigenvalue weighted by Gasteiger charge is 2.04. The van der Waals surface area contributed by atoms with Gasteiger partial charge in [0.25, 0.3) is 0 Å². The van der Waals surface area contributed by atoms with Crippen molar-refractivity contribution in [2.45, 2.75) is 0 Å². The maximum Gasteiger partial charge on any atom is 0.115 e. The Kier molecular flexibility index (Phi) is 1.77. The van der Waals surface area contributed by atoms with E-state index in [1.54, 1.807) is 18.3 Å². The molecule has 1 aliphatic rings. The first kappa shape index (κ1) is 7.50. The van der Waals surface area contributed by atoms with Crippen LogP contribution in [0.3, 0.4) is 0 Å². The van der Waals surface area contributed by atoms with Crippen molar-refractivity contribution >= 4 is 5.70 Å². The highest BCUT2D eigenvalue weighted by molar-refractivity contribution is 5.65. The number of hydrogen-bond donors (Lipinski definition) is 0. The van der Waals surface area contributed by atoms with Crippen molar-refractivity contribution in [3.8, 4) is 6.07 Å². The van der Waals surface area contributed by atoms with Crippen LogP contribution < -0.4 is 5.43 Å². The maximum absolute atomic E-state index is 8.57. The lowest BCUT2D eigenvalue weighted by Crippen LogP contribution is -1.80. The normalized spacial score (nSPS) is 13.3. The second-order valence-electron chi connectivity index (χ2n) is 2.51. The molecule has 4 heteroatoms. The Labute approximate surface area is 75.2 Å². The van der Waals surface area contributed by atoms with Crippen molar-refractivity contribution in [1.82, 2.24) is 5.43 Å². The molecule has 0 fully saturated rings. The molecule has 0 aliphatic carbocycles. The van der Waals surface area contributed by atoms with Crippen LogP contribution in [0.2, 0.25) is 0 Å². The molecule has 4 nitrogen and oxygen atoms in total. The van der Waals surface area contributed by atoms with Gasteiger partial charge in [-0.15, -0.1) is 10.5 Å². The van der Waals surface area contributed by atoms with Crippen molar-refractivity contribution < 1.29 is 0 Å². The Morgan fingerprint density at radius 3 is 2.46 bits per heavy atom. The molecule has 0 spiro atoms. The standard InChI is InChI=1S/C9H5N4/c10-5-7-1-3-8(4-2-7)9-6-11-13-12-9/h1-4,6H. The molecule has 1 radical (unpaired) electrons. The third-order valence-electron chi connectivity index (χ3n) is 1.69. The van der Waals surface area contributed by atoms with Crippen molar-refractivity contribution in [1.29, 1.82) is 5.26 Å². The van der Waals surface area contributed by atoms with Gasteiger partial charge in [-0.3, -0.25) is 0 Å². The summed E-state index contributed by atoms with van der Waals surface area (Å²) in [5.74, 6) is 0. The fourth-order valence-electron chi connectivity index (χ4n) is 1.03. The van der Waals surface area contributed by atoms with Crippen LogP contribution in [0, 0.1) is 11.3 Å². The number of nitriles is 1. The SMILES string of the molecule is N#Cc1ccc(C2=C[N]N=N2)cc1. The predicted octanol–water partition coefficient (Wildman–Crippen LogP) is 1.84. The second-order valence-corrected chi connectivity index (χ2v) is 2.51. The zero-order valence-corrected chi connectivity index (χ0v) is 6.68. The Morgan fingerprint density at radius 1 is 1.15 bits per heavy atom. The molecular formula is C9H5N4. The molecule has 0 saturated heterocycles. The third-order valence-corrected chi connectivity index (χ3v) is 1.69. The molecule has 0 atom stereocenters. The summed E-state index contributed by atoms with van der Waals surface area (Å²) in [6.07, 6.45) is 1.58. The van der Waals surface area contributed by atoms with Crippen LogP contribution in [0.1, 0.15) is 11.1 Å². The zero-order chi connectivity index (χ0) is 9.10. The Morgan fingerprint density at radius 2 is 1.92 bits per heavy atom. The summed E-state index contributed by atoms with van der Waals surface area (Å²) in [5.41, 5.74) is 5.90. The van der Waals surface area contributed by atoms with Gasteiger partial charge in [0.2, 0.25) is 0 Å². The van der Waals surface area contributed by atoms with Crippen LogP contribution in [-0.2, 0) is 0 Å². The smallest absolute Gasteiger partial charge is 0.115 e. The van der Waals surface area contributed by atoms with E-state index >= 15 is 0 Å². The monoisotopic (exact) mass is 169 g/mol. The van der Waals surface area contributed by atoms with E-state index < -0.39 is 0 Å². The van der Waals surface area contributed by atoms with E-state index in [1.165, 1.54) is 0 Å². The first-order chi connectivity index (χ1) is 6.40. The van der Waals surface area contributed by atoms with Gasteiger partial charge in [0.05, 0.1) is 17.8 Å². The first-order valence-corrected chi connectivity index (χ1v) is 3.72. The van der Waals surface area contributed by atoms with Crippen molar-refractivity contribution in [3.05, 3.63) is 41.6 Å². The Hall–Kier alpha value is -2.15. The number of benzene rings is 1. The molecule has 0 unspecified atom stereocenters. The highest BCUT2D eigenvalue weighted by atomic mass is 15.4. The topological polar surface area (TPSA) is 62.6 Å². The van der Waals surface area contributed by atoms with Gasteiger partial charge in [-0.2, -0.15) is 5.26 Å². The van der Waals surface area contributed by atoms with E-state index in [1.807, 2.05) is 18.2 Å². The van der Waals surface area contributed by atoms with Gasteiger partial charge in [0, 0.05) is 5.56 Å². The van der Waals surface area contributed by atoms with Crippen LogP contribution in [0.4, 0.5) is 0 Å².